The first-order valence-electron chi connectivity index (χ1n) is 5.21. The molecular formula is C12H28. The fourth-order valence-corrected chi connectivity index (χ4v) is 0.250. The Labute approximate surface area is 80.1 Å². The summed E-state index contributed by atoms with van der Waals surface area (Å²) in [6.45, 7) is 18.6. The third-order valence-corrected chi connectivity index (χ3v) is 1.000. The Balaban J connectivity index is -0.000000118. The zero-order valence-electron chi connectivity index (χ0n) is 10.2. The number of allylic oxidation sites excluding steroid dienone is 1. The predicted octanol–water partition coefficient (Wildman–Crippen LogP) is 5.05. The molecule has 0 amide bonds. The second kappa shape index (κ2) is 17.0. The Kier molecular flexibility index (Phi) is 25.1. The van der Waals surface area contributed by atoms with Crippen molar-refractivity contribution in [1.82, 2.24) is 0 Å². The molecule has 0 bridgehead atoms. The highest BCUT2D eigenvalue weighted by Crippen LogP contribution is 1.98. The summed E-state index contributed by atoms with van der Waals surface area (Å²) in [4.78, 5) is 0. The van der Waals surface area contributed by atoms with Gasteiger partial charge in [0.1, 0.15) is 0 Å². The molecule has 0 radical (unpaired) electrons. The summed E-state index contributed by atoms with van der Waals surface area (Å²) in [5.41, 5.74) is 1.34. The van der Waals surface area contributed by atoms with E-state index < -0.39 is 0 Å². The van der Waals surface area contributed by atoms with Gasteiger partial charge >= 0.3 is 0 Å². The molecule has 0 nitrogen and oxygen atoms in total. The molecule has 0 aliphatic heterocycles. The number of hydrogen-bond acceptors (Lipinski definition) is 0. The predicted molar refractivity (Wildman–Crippen MR) is 61.6 cm³/mol. The maximum absolute atomic E-state index is 3.79. The lowest BCUT2D eigenvalue weighted by Gasteiger charge is -1.89. The number of rotatable bonds is 2. The first kappa shape index (κ1) is 17.7. The average Bonchev–Trinajstić information content (AvgIpc) is 2.06. The highest BCUT2D eigenvalue weighted by atomic mass is 13.8. The third-order valence-electron chi connectivity index (χ3n) is 1.000. The molecule has 0 fully saturated rings. The molecule has 12 heavy (non-hydrogen) atoms. The van der Waals surface area contributed by atoms with E-state index in [2.05, 4.69) is 41.2 Å². The molecule has 0 N–H and O–H groups in total. The van der Waals surface area contributed by atoms with Gasteiger partial charge in [-0.05, 0) is 18.8 Å². The summed E-state index contributed by atoms with van der Waals surface area (Å²) in [6, 6.07) is 0. The van der Waals surface area contributed by atoms with Crippen LogP contribution in [0.1, 0.15) is 61.3 Å². The maximum atomic E-state index is 3.79. The van der Waals surface area contributed by atoms with Crippen molar-refractivity contribution in [2.75, 3.05) is 0 Å². The quantitative estimate of drug-likeness (QED) is 0.511. The molecule has 0 aromatic rings. The van der Waals surface area contributed by atoms with Gasteiger partial charge in [0.15, 0.2) is 0 Å². The molecular weight excluding hydrogens is 144 g/mol. The molecule has 0 saturated heterocycles. The van der Waals surface area contributed by atoms with Crippen molar-refractivity contribution in [3.8, 4) is 0 Å². The van der Waals surface area contributed by atoms with Crippen LogP contribution in [0.5, 0.6) is 0 Å². The lowest BCUT2D eigenvalue weighted by molar-refractivity contribution is 0.737. The van der Waals surface area contributed by atoms with Gasteiger partial charge in [-0.2, -0.15) is 0 Å². The highest BCUT2D eigenvalue weighted by Gasteiger charge is 1.78. The van der Waals surface area contributed by atoms with Crippen LogP contribution in [0.25, 0.3) is 0 Å². The second-order valence-electron chi connectivity index (χ2n) is 3.19. The molecule has 0 heterocycles. The minimum Gasteiger partial charge on any atom is -0.0999 e. The van der Waals surface area contributed by atoms with Crippen LogP contribution in [-0.4, -0.2) is 0 Å². The Morgan fingerprint density at radius 2 is 1.17 bits per heavy atom. The molecule has 0 spiro atoms. The van der Waals surface area contributed by atoms with E-state index in [-0.39, 0.29) is 0 Å². The van der Waals surface area contributed by atoms with Crippen LogP contribution in [0.15, 0.2) is 12.2 Å². The fraction of sp³-hybridized carbons (Fsp3) is 0.833. The lowest BCUT2D eigenvalue weighted by Crippen LogP contribution is -1.68. The molecule has 0 aromatic carbocycles. The normalized spacial score (nSPS) is 7.67. The Morgan fingerprint density at radius 3 is 1.17 bits per heavy atom. The maximum Gasteiger partial charge on any atom is -0.0352 e. The largest absolute Gasteiger partial charge is 0.0999 e. The first-order valence-corrected chi connectivity index (χ1v) is 5.21. The Bertz CT molecular complexity index is 61.4. The van der Waals surface area contributed by atoms with Gasteiger partial charge in [-0.25, -0.2) is 0 Å². The third kappa shape index (κ3) is 53.2. The molecule has 76 valence electrons. The van der Waals surface area contributed by atoms with Crippen molar-refractivity contribution in [2.45, 2.75) is 61.3 Å². The van der Waals surface area contributed by atoms with E-state index in [9.17, 15) is 0 Å². The molecule has 0 atom stereocenters. The summed E-state index contributed by atoms with van der Waals surface area (Å²) >= 11 is 0. The van der Waals surface area contributed by atoms with Gasteiger partial charge in [0, 0.05) is 0 Å². The van der Waals surface area contributed by atoms with Crippen molar-refractivity contribution in [3.05, 3.63) is 12.2 Å². The van der Waals surface area contributed by atoms with E-state index >= 15 is 0 Å². The summed E-state index contributed by atoms with van der Waals surface area (Å²) in [6.07, 6.45) is 2.27. The Morgan fingerprint density at radius 1 is 1.00 bits per heavy atom. The van der Waals surface area contributed by atoms with Gasteiger partial charge in [-0.1, -0.05) is 60.6 Å². The second-order valence-corrected chi connectivity index (χ2v) is 3.19. The standard InChI is InChI=1S/C6H12.C4H10.C2H6/c1-4-6(3)5-2;1-4(2)3;1-2/h3-5H2,1-2H3;4H,1-3H3;1-2H3. The van der Waals surface area contributed by atoms with Crippen molar-refractivity contribution in [2.24, 2.45) is 5.92 Å². The molecule has 0 heteroatoms. The van der Waals surface area contributed by atoms with Crippen molar-refractivity contribution in [3.63, 3.8) is 0 Å². The van der Waals surface area contributed by atoms with Gasteiger partial charge in [-0.15, -0.1) is 0 Å². The van der Waals surface area contributed by atoms with Crippen molar-refractivity contribution < 1.29 is 0 Å². The zero-order chi connectivity index (χ0) is 10.6. The zero-order valence-corrected chi connectivity index (χ0v) is 10.2. The van der Waals surface area contributed by atoms with Gasteiger partial charge < -0.3 is 0 Å². The van der Waals surface area contributed by atoms with Gasteiger partial charge in [0.2, 0.25) is 0 Å². The van der Waals surface area contributed by atoms with Crippen LogP contribution < -0.4 is 0 Å². The molecule has 0 aliphatic rings. The minimum absolute atomic E-state index is 0.833. The van der Waals surface area contributed by atoms with Crippen LogP contribution in [-0.2, 0) is 0 Å². The highest BCUT2D eigenvalue weighted by molar-refractivity contribution is 4.89. The van der Waals surface area contributed by atoms with Gasteiger partial charge in [0.05, 0.1) is 0 Å². The lowest BCUT2D eigenvalue weighted by atomic mass is 10.2. The van der Waals surface area contributed by atoms with Gasteiger partial charge in [0.25, 0.3) is 0 Å². The number of hydrogen-bond donors (Lipinski definition) is 0. The summed E-state index contributed by atoms with van der Waals surface area (Å²) in [5, 5.41) is 0. The average molecular weight is 172 g/mol. The molecule has 0 aliphatic carbocycles. The van der Waals surface area contributed by atoms with E-state index in [1.165, 1.54) is 5.57 Å². The van der Waals surface area contributed by atoms with Gasteiger partial charge in [-0.3, -0.25) is 0 Å². The summed E-state index contributed by atoms with van der Waals surface area (Å²) in [5.74, 6) is 0.833. The van der Waals surface area contributed by atoms with Crippen LogP contribution >= 0.6 is 0 Å². The van der Waals surface area contributed by atoms with E-state index in [4.69, 9.17) is 0 Å². The molecule has 0 saturated carbocycles. The van der Waals surface area contributed by atoms with Crippen molar-refractivity contribution in [1.29, 1.82) is 0 Å². The first-order chi connectivity index (χ1) is 5.54. The smallest absolute Gasteiger partial charge is 0.0352 e. The van der Waals surface area contributed by atoms with Crippen molar-refractivity contribution >= 4 is 0 Å². The van der Waals surface area contributed by atoms with Crippen LogP contribution in [0, 0.1) is 5.92 Å². The van der Waals surface area contributed by atoms with Crippen LogP contribution in [0.2, 0.25) is 0 Å². The topological polar surface area (TPSA) is 0 Å². The van der Waals surface area contributed by atoms with Crippen LogP contribution in [0.3, 0.4) is 0 Å². The van der Waals surface area contributed by atoms with E-state index in [1.807, 2.05) is 13.8 Å². The van der Waals surface area contributed by atoms with E-state index in [0.29, 0.717) is 0 Å². The molecule has 0 unspecified atom stereocenters. The van der Waals surface area contributed by atoms with Crippen LogP contribution in [0.4, 0.5) is 0 Å². The minimum atomic E-state index is 0.833. The Hall–Kier alpha value is -0.260. The fourth-order valence-electron chi connectivity index (χ4n) is 0.250. The SMILES string of the molecule is C=C(CC)CC.CC.CC(C)C. The molecule has 0 rings (SSSR count). The monoisotopic (exact) mass is 172 g/mol. The summed E-state index contributed by atoms with van der Waals surface area (Å²) in [7, 11) is 0. The molecule has 0 aromatic heterocycles. The van der Waals surface area contributed by atoms with E-state index in [0.717, 1.165) is 18.8 Å². The summed E-state index contributed by atoms with van der Waals surface area (Å²) < 4.78 is 0. The van der Waals surface area contributed by atoms with E-state index in [1.54, 1.807) is 0 Å².